The van der Waals surface area contributed by atoms with Crippen LogP contribution in [0.3, 0.4) is 0 Å². The van der Waals surface area contributed by atoms with E-state index in [0.29, 0.717) is 23.5 Å². The number of fused-ring (bicyclic) bond motifs is 1. The lowest BCUT2D eigenvalue weighted by atomic mass is 10.1. The van der Waals surface area contributed by atoms with Crippen molar-refractivity contribution in [3.8, 4) is 11.8 Å². The van der Waals surface area contributed by atoms with Gasteiger partial charge in [0.25, 0.3) is 0 Å². The first-order chi connectivity index (χ1) is 12.1. The highest BCUT2D eigenvalue weighted by molar-refractivity contribution is 9.10. The van der Waals surface area contributed by atoms with Crippen molar-refractivity contribution in [2.75, 3.05) is 6.61 Å². The summed E-state index contributed by atoms with van der Waals surface area (Å²) < 4.78 is 12.3. The Balaban J connectivity index is 1.91. The molecule has 1 aliphatic rings. The second-order valence-corrected chi connectivity index (χ2v) is 6.79. The monoisotopic (exact) mass is 399 g/mol. The van der Waals surface area contributed by atoms with E-state index in [1.165, 1.54) is 5.56 Å². The molecule has 0 unspecified atom stereocenters. The highest BCUT2D eigenvalue weighted by atomic mass is 79.9. The molecule has 5 heteroatoms. The largest absolute Gasteiger partial charge is 0.484 e. The van der Waals surface area contributed by atoms with Crippen LogP contribution in [0.4, 0.5) is 0 Å². The number of carbonyl (C=O) groups is 1. The molecule has 0 amide bonds. The maximum atomic E-state index is 11.9. The van der Waals surface area contributed by atoms with Crippen molar-refractivity contribution in [1.29, 1.82) is 5.26 Å². The molecule has 4 nitrogen and oxygen atoms in total. The van der Waals surface area contributed by atoms with Gasteiger partial charge in [0.2, 0.25) is 0 Å². The summed E-state index contributed by atoms with van der Waals surface area (Å²) in [5, 5.41) is 9.44. The maximum absolute atomic E-state index is 11.9. The average molecular weight is 400 g/mol. The first-order valence-electron chi connectivity index (χ1n) is 8.25. The molecular weight excluding hydrogens is 382 g/mol. The summed E-state index contributed by atoms with van der Waals surface area (Å²) in [6.45, 7) is 2.10. The highest BCUT2D eigenvalue weighted by Crippen LogP contribution is 2.38. The van der Waals surface area contributed by atoms with Crippen LogP contribution in [0, 0.1) is 11.3 Å². The summed E-state index contributed by atoms with van der Waals surface area (Å²) in [6.07, 6.45) is 1.76. The molecule has 2 aromatic rings. The molecule has 1 atom stereocenters. The minimum Gasteiger partial charge on any atom is -0.484 e. The molecule has 3 rings (SSSR count). The van der Waals surface area contributed by atoms with Crippen LogP contribution in [0.5, 0.6) is 5.75 Å². The predicted molar refractivity (Wildman–Crippen MR) is 97.3 cm³/mol. The minimum absolute atomic E-state index is 0.0940. The van der Waals surface area contributed by atoms with E-state index in [-0.39, 0.29) is 18.5 Å². The lowest BCUT2D eigenvalue weighted by molar-refractivity contribution is -0.142. The second kappa shape index (κ2) is 7.71. The molecule has 2 aromatic carbocycles. The normalized spacial score (nSPS) is 15.3. The van der Waals surface area contributed by atoms with Crippen molar-refractivity contribution in [1.82, 2.24) is 0 Å². The molecule has 0 heterocycles. The summed E-state index contributed by atoms with van der Waals surface area (Å²) >= 11 is 3.50. The molecule has 0 radical (unpaired) electrons. The molecular formula is C20H18BrNO3. The van der Waals surface area contributed by atoms with Crippen LogP contribution >= 0.6 is 15.9 Å². The SMILES string of the molecule is CCOC(=O)Cc1cccc(C#N)c1O[C@@H]1CCc2ccc(Br)cc21. The molecule has 0 bridgehead atoms. The van der Waals surface area contributed by atoms with E-state index in [0.717, 1.165) is 22.9 Å². The maximum Gasteiger partial charge on any atom is 0.310 e. The number of para-hydroxylation sites is 1. The van der Waals surface area contributed by atoms with Crippen molar-refractivity contribution < 1.29 is 14.3 Å². The fraction of sp³-hybridized carbons (Fsp3) is 0.300. The van der Waals surface area contributed by atoms with Crippen molar-refractivity contribution in [2.24, 2.45) is 0 Å². The zero-order valence-corrected chi connectivity index (χ0v) is 15.5. The number of halogens is 1. The third-order valence-corrected chi connectivity index (χ3v) is 4.74. The van der Waals surface area contributed by atoms with Crippen molar-refractivity contribution in [3.05, 3.63) is 63.1 Å². The van der Waals surface area contributed by atoms with Gasteiger partial charge in [-0.1, -0.05) is 34.1 Å². The standard InChI is InChI=1S/C20H18BrNO3/c1-2-24-19(23)10-14-4-3-5-15(12-22)20(14)25-18-9-7-13-6-8-16(21)11-17(13)18/h3-6,8,11,18H,2,7,9-10H2,1H3/t18-/m1/s1. The van der Waals surface area contributed by atoms with Gasteiger partial charge < -0.3 is 9.47 Å². The van der Waals surface area contributed by atoms with Gasteiger partial charge in [0, 0.05) is 10.0 Å². The molecule has 0 spiro atoms. The Labute approximate surface area is 155 Å². The minimum atomic E-state index is -0.322. The van der Waals surface area contributed by atoms with Gasteiger partial charge in [0.15, 0.2) is 0 Å². The van der Waals surface area contributed by atoms with E-state index >= 15 is 0 Å². The zero-order chi connectivity index (χ0) is 17.8. The lowest BCUT2D eigenvalue weighted by Gasteiger charge is -2.19. The number of carbonyl (C=O) groups excluding carboxylic acids is 1. The van der Waals surface area contributed by atoms with Crippen LogP contribution in [0.1, 0.15) is 41.7 Å². The third-order valence-electron chi connectivity index (χ3n) is 4.25. The molecule has 0 saturated carbocycles. The van der Waals surface area contributed by atoms with Gasteiger partial charge >= 0.3 is 5.97 Å². The number of hydrogen-bond donors (Lipinski definition) is 0. The second-order valence-electron chi connectivity index (χ2n) is 5.88. The van der Waals surface area contributed by atoms with Crippen molar-refractivity contribution in [2.45, 2.75) is 32.3 Å². The van der Waals surface area contributed by atoms with Crippen LogP contribution in [0.15, 0.2) is 40.9 Å². The van der Waals surface area contributed by atoms with Gasteiger partial charge in [-0.3, -0.25) is 4.79 Å². The number of hydrogen-bond acceptors (Lipinski definition) is 4. The Morgan fingerprint density at radius 2 is 2.20 bits per heavy atom. The van der Waals surface area contributed by atoms with E-state index in [4.69, 9.17) is 9.47 Å². The summed E-state index contributed by atoms with van der Waals surface area (Å²) in [5.41, 5.74) is 3.50. The molecule has 0 saturated heterocycles. The molecule has 25 heavy (non-hydrogen) atoms. The van der Waals surface area contributed by atoms with Crippen LogP contribution in [0.2, 0.25) is 0 Å². The number of esters is 1. The molecule has 128 valence electrons. The fourth-order valence-corrected chi connectivity index (χ4v) is 3.50. The lowest BCUT2D eigenvalue weighted by Crippen LogP contribution is -2.11. The number of benzene rings is 2. The number of ether oxygens (including phenoxy) is 2. The van der Waals surface area contributed by atoms with Gasteiger partial charge in [0.1, 0.15) is 17.9 Å². The molecule has 0 aliphatic heterocycles. The quantitative estimate of drug-likeness (QED) is 0.694. The Bertz CT molecular complexity index is 841. The first kappa shape index (κ1) is 17.5. The Hall–Kier alpha value is -2.32. The van der Waals surface area contributed by atoms with Gasteiger partial charge in [-0.15, -0.1) is 0 Å². The Morgan fingerprint density at radius 1 is 1.36 bits per heavy atom. The van der Waals surface area contributed by atoms with Gasteiger partial charge in [-0.25, -0.2) is 0 Å². The van der Waals surface area contributed by atoms with Crippen molar-refractivity contribution in [3.63, 3.8) is 0 Å². The molecule has 0 aromatic heterocycles. The Morgan fingerprint density at radius 3 is 2.96 bits per heavy atom. The van der Waals surface area contributed by atoms with E-state index in [1.807, 2.05) is 12.1 Å². The van der Waals surface area contributed by atoms with E-state index < -0.39 is 0 Å². The van der Waals surface area contributed by atoms with Crippen molar-refractivity contribution >= 4 is 21.9 Å². The average Bonchev–Trinajstić information content (AvgIpc) is 2.98. The zero-order valence-electron chi connectivity index (χ0n) is 13.9. The van der Waals surface area contributed by atoms with Gasteiger partial charge in [-0.2, -0.15) is 5.26 Å². The molecule has 0 fully saturated rings. The fourth-order valence-electron chi connectivity index (χ4n) is 3.12. The number of nitrogens with zero attached hydrogens (tertiary/aromatic N) is 1. The van der Waals surface area contributed by atoms with Crippen LogP contribution in [-0.2, 0) is 22.4 Å². The van der Waals surface area contributed by atoms with Crippen LogP contribution in [-0.4, -0.2) is 12.6 Å². The third kappa shape index (κ3) is 3.85. The van der Waals surface area contributed by atoms with Crippen LogP contribution in [0.25, 0.3) is 0 Å². The topological polar surface area (TPSA) is 59.3 Å². The van der Waals surface area contributed by atoms with Gasteiger partial charge in [0.05, 0.1) is 18.6 Å². The highest BCUT2D eigenvalue weighted by Gasteiger charge is 2.26. The summed E-state index contributed by atoms with van der Waals surface area (Å²) in [5.74, 6) is 0.160. The number of aryl methyl sites for hydroxylation is 1. The molecule has 1 aliphatic carbocycles. The van der Waals surface area contributed by atoms with E-state index in [2.05, 4.69) is 34.1 Å². The first-order valence-corrected chi connectivity index (χ1v) is 9.04. The van der Waals surface area contributed by atoms with Gasteiger partial charge in [-0.05, 0) is 49.1 Å². The Kier molecular flexibility index (Phi) is 5.40. The predicted octanol–water partition coefficient (Wildman–Crippen LogP) is 4.49. The van der Waals surface area contributed by atoms with E-state index in [9.17, 15) is 10.1 Å². The smallest absolute Gasteiger partial charge is 0.310 e. The number of nitriles is 1. The summed E-state index contributed by atoms with van der Waals surface area (Å²) in [4.78, 5) is 11.9. The number of rotatable bonds is 5. The summed E-state index contributed by atoms with van der Waals surface area (Å²) in [7, 11) is 0. The van der Waals surface area contributed by atoms with E-state index in [1.54, 1.807) is 19.1 Å². The van der Waals surface area contributed by atoms with Crippen LogP contribution < -0.4 is 4.74 Å². The summed E-state index contributed by atoms with van der Waals surface area (Å²) in [6, 6.07) is 13.6. The molecule has 0 N–H and O–H groups in total.